The summed E-state index contributed by atoms with van der Waals surface area (Å²) in [5, 5.41) is 2.87. The Balaban J connectivity index is 1.67. The lowest BCUT2D eigenvalue weighted by Gasteiger charge is -2.20. The molecule has 1 heterocycles. The van der Waals surface area contributed by atoms with Crippen LogP contribution in [0.5, 0.6) is 0 Å². The number of carbonyl (C=O) groups is 4. The summed E-state index contributed by atoms with van der Waals surface area (Å²) in [5.41, 5.74) is 1.67. The summed E-state index contributed by atoms with van der Waals surface area (Å²) in [6, 6.07) is 17.4. The molecule has 5 amide bonds. The van der Waals surface area contributed by atoms with Crippen LogP contribution in [0.25, 0.3) is 0 Å². The molecule has 1 fully saturated rings. The summed E-state index contributed by atoms with van der Waals surface area (Å²) < 4.78 is 0. The number of amides is 5. The normalized spacial score (nSPS) is 15.0. The van der Waals surface area contributed by atoms with Crippen molar-refractivity contribution in [1.29, 1.82) is 0 Å². The van der Waals surface area contributed by atoms with E-state index in [0.29, 0.717) is 4.90 Å². The number of hydrogen-bond donors (Lipinski definition) is 1. The van der Waals surface area contributed by atoms with Crippen LogP contribution < -0.4 is 5.32 Å². The quantitative estimate of drug-likeness (QED) is 0.552. The largest absolute Gasteiger partial charge is 0.348 e. The highest BCUT2D eigenvalue weighted by Crippen LogP contribution is 2.19. The third-order valence-corrected chi connectivity index (χ3v) is 4.73. The fourth-order valence-electron chi connectivity index (χ4n) is 3.27. The Hall–Kier alpha value is -3.48. The summed E-state index contributed by atoms with van der Waals surface area (Å²) >= 11 is 0. The molecular formula is C22H23N3O4. The minimum absolute atomic E-state index is 0.00909. The maximum atomic E-state index is 12.6. The zero-order chi connectivity index (χ0) is 20.8. The van der Waals surface area contributed by atoms with Crippen molar-refractivity contribution in [2.75, 3.05) is 6.54 Å². The lowest BCUT2D eigenvalue weighted by Crippen LogP contribution is -2.42. The maximum absolute atomic E-state index is 12.6. The highest BCUT2D eigenvalue weighted by molar-refractivity contribution is 6.44. The molecule has 0 aromatic heterocycles. The molecule has 1 saturated heterocycles. The van der Waals surface area contributed by atoms with E-state index in [-0.39, 0.29) is 12.6 Å². The molecule has 29 heavy (non-hydrogen) atoms. The molecule has 0 spiro atoms. The molecule has 0 unspecified atom stereocenters. The lowest BCUT2D eigenvalue weighted by atomic mass is 10.0. The Bertz CT molecular complexity index is 899. The predicted octanol–water partition coefficient (Wildman–Crippen LogP) is 2.64. The molecule has 0 saturated carbocycles. The third kappa shape index (κ3) is 4.68. The minimum Gasteiger partial charge on any atom is -0.348 e. The van der Waals surface area contributed by atoms with Crippen LogP contribution >= 0.6 is 0 Å². The van der Waals surface area contributed by atoms with E-state index in [1.165, 1.54) is 0 Å². The molecule has 3 rings (SSSR count). The van der Waals surface area contributed by atoms with E-state index in [1.54, 1.807) is 24.3 Å². The summed E-state index contributed by atoms with van der Waals surface area (Å²) in [7, 11) is 0. The first-order valence-electron chi connectivity index (χ1n) is 9.56. The number of nitrogens with one attached hydrogen (secondary N) is 1. The van der Waals surface area contributed by atoms with Crippen LogP contribution in [-0.2, 0) is 20.9 Å². The molecule has 0 bridgehead atoms. The van der Waals surface area contributed by atoms with Gasteiger partial charge in [-0.25, -0.2) is 9.69 Å². The molecule has 1 aliphatic heterocycles. The van der Waals surface area contributed by atoms with Gasteiger partial charge in [-0.1, -0.05) is 74.0 Å². The van der Waals surface area contributed by atoms with Gasteiger partial charge in [0.2, 0.25) is 5.91 Å². The number of carbonyl (C=O) groups excluding carboxylic acids is 4. The Kier molecular flexibility index (Phi) is 6.39. The average Bonchev–Trinajstić information content (AvgIpc) is 2.93. The predicted molar refractivity (Wildman–Crippen MR) is 106 cm³/mol. The Morgan fingerprint density at radius 3 is 2.10 bits per heavy atom. The van der Waals surface area contributed by atoms with Crippen LogP contribution in [0.2, 0.25) is 0 Å². The molecule has 1 N–H and O–H groups in total. The second kappa shape index (κ2) is 9.14. The minimum atomic E-state index is -0.979. The first kappa shape index (κ1) is 20.3. The molecule has 7 heteroatoms. The van der Waals surface area contributed by atoms with E-state index >= 15 is 0 Å². The van der Waals surface area contributed by atoms with E-state index < -0.39 is 30.3 Å². The molecular weight excluding hydrogens is 370 g/mol. The molecule has 1 aliphatic rings. The van der Waals surface area contributed by atoms with Crippen LogP contribution in [0.1, 0.15) is 36.9 Å². The number of nitrogens with zero attached hydrogens (tertiary/aromatic N) is 2. The number of benzene rings is 2. The van der Waals surface area contributed by atoms with E-state index in [1.807, 2.05) is 43.3 Å². The van der Waals surface area contributed by atoms with Crippen LogP contribution in [0.15, 0.2) is 60.7 Å². The zero-order valence-electron chi connectivity index (χ0n) is 16.2. The lowest BCUT2D eigenvalue weighted by molar-refractivity contribution is -0.144. The van der Waals surface area contributed by atoms with Gasteiger partial charge in [-0.15, -0.1) is 0 Å². The van der Waals surface area contributed by atoms with Crippen LogP contribution in [0, 0.1) is 0 Å². The second-order valence-electron chi connectivity index (χ2n) is 6.87. The van der Waals surface area contributed by atoms with Gasteiger partial charge in [0.05, 0.1) is 12.6 Å². The molecule has 0 aliphatic carbocycles. The van der Waals surface area contributed by atoms with Crippen molar-refractivity contribution in [2.45, 2.75) is 32.4 Å². The molecule has 150 valence electrons. The van der Waals surface area contributed by atoms with Crippen LogP contribution in [0.3, 0.4) is 0 Å². The van der Waals surface area contributed by atoms with Crippen molar-refractivity contribution >= 4 is 23.8 Å². The van der Waals surface area contributed by atoms with Gasteiger partial charge in [-0.3, -0.25) is 19.3 Å². The molecule has 1 atom stereocenters. The van der Waals surface area contributed by atoms with Crippen LogP contribution in [-0.4, -0.2) is 40.1 Å². The summed E-state index contributed by atoms with van der Waals surface area (Å²) in [4.78, 5) is 51.2. The number of rotatable bonds is 8. The van der Waals surface area contributed by atoms with Crippen molar-refractivity contribution in [3.63, 3.8) is 0 Å². The average molecular weight is 393 g/mol. The molecule has 0 radical (unpaired) electrons. The standard InChI is InChI=1S/C22H23N3O4/c1-2-9-18(17-12-7-4-8-13-17)23-19(26)15-25-21(28)20(27)24(22(25)29)14-16-10-5-3-6-11-16/h3-8,10-13,18H,2,9,14-15H2,1H3,(H,23,26)/t18-/m1/s1. The van der Waals surface area contributed by atoms with E-state index in [4.69, 9.17) is 0 Å². The first-order chi connectivity index (χ1) is 14.0. The van der Waals surface area contributed by atoms with Crippen molar-refractivity contribution in [2.24, 2.45) is 0 Å². The second-order valence-corrected chi connectivity index (χ2v) is 6.87. The van der Waals surface area contributed by atoms with Crippen molar-refractivity contribution in [1.82, 2.24) is 15.1 Å². The van der Waals surface area contributed by atoms with Gasteiger partial charge >= 0.3 is 17.8 Å². The highest BCUT2D eigenvalue weighted by atomic mass is 16.2. The topological polar surface area (TPSA) is 86.8 Å². The van der Waals surface area contributed by atoms with Gasteiger partial charge in [-0.05, 0) is 17.5 Å². The van der Waals surface area contributed by atoms with Crippen LogP contribution in [0.4, 0.5) is 4.79 Å². The smallest absolute Gasteiger partial charge is 0.335 e. The Labute approximate surface area is 169 Å². The van der Waals surface area contributed by atoms with E-state index in [2.05, 4.69) is 5.32 Å². The van der Waals surface area contributed by atoms with Crippen molar-refractivity contribution in [3.8, 4) is 0 Å². The summed E-state index contributed by atoms with van der Waals surface area (Å²) in [6.07, 6.45) is 1.57. The van der Waals surface area contributed by atoms with Crippen molar-refractivity contribution < 1.29 is 19.2 Å². The monoisotopic (exact) mass is 393 g/mol. The molecule has 7 nitrogen and oxygen atoms in total. The van der Waals surface area contributed by atoms with Gasteiger partial charge in [-0.2, -0.15) is 0 Å². The van der Waals surface area contributed by atoms with Gasteiger partial charge in [0.15, 0.2) is 0 Å². The Morgan fingerprint density at radius 1 is 0.897 bits per heavy atom. The fraction of sp³-hybridized carbons (Fsp3) is 0.273. The van der Waals surface area contributed by atoms with Gasteiger partial charge < -0.3 is 5.32 Å². The fourth-order valence-corrected chi connectivity index (χ4v) is 3.27. The maximum Gasteiger partial charge on any atom is 0.335 e. The van der Waals surface area contributed by atoms with Crippen molar-refractivity contribution in [3.05, 3.63) is 71.8 Å². The summed E-state index contributed by atoms with van der Waals surface area (Å²) in [6.45, 7) is 1.52. The molecule has 2 aromatic rings. The third-order valence-electron chi connectivity index (χ3n) is 4.73. The zero-order valence-corrected chi connectivity index (χ0v) is 16.2. The van der Waals surface area contributed by atoms with Gasteiger partial charge in [0.1, 0.15) is 6.54 Å². The Morgan fingerprint density at radius 2 is 1.48 bits per heavy atom. The molecule has 2 aromatic carbocycles. The van der Waals surface area contributed by atoms with E-state index in [0.717, 1.165) is 28.9 Å². The number of imide groups is 2. The first-order valence-corrected chi connectivity index (χ1v) is 9.56. The number of urea groups is 1. The number of hydrogen-bond acceptors (Lipinski definition) is 4. The SMILES string of the molecule is CCC[C@@H](NC(=O)CN1C(=O)C(=O)N(Cc2ccccc2)C1=O)c1ccccc1. The van der Waals surface area contributed by atoms with Gasteiger partial charge in [0, 0.05) is 0 Å². The van der Waals surface area contributed by atoms with E-state index in [9.17, 15) is 19.2 Å². The highest BCUT2D eigenvalue weighted by Gasteiger charge is 2.45. The van der Waals surface area contributed by atoms with Gasteiger partial charge in [0.25, 0.3) is 0 Å². The summed E-state index contributed by atoms with van der Waals surface area (Å²) in [5.74, 6) is -2.38.